The molecule has 3 heterocycles. The maximum Gasteiger partial charge on any atom is 0.137 e. The third-order valence-corrected chi connectivity index (χ3v) is 12.7. The predicted molar refractivity (Wildman–Crippen MR) is 224 cm³/mol. The van der Waals surface area contributed by atoms with Crippen LogP contribution in [0.2, 0.25) is 0 Å². The SMILES string of the molecule is c1ccc2c(c1)-c1cc(-c3ccc4c(c3)c3ccccc3n4-c3ccc4c(c3)oc3ccccc34)ccc1CC2c1ccc2c(c1)sc1ccccc12. The maximum absolute atomic E-state index is 6.31. The van der Waals surface area contributed by atoms with Crippen LogP contribution in [0.5, 0.6) is 0 Å². The zero-order valence-electron chi connectivity index (χ0n) is 28.7. The van der Waals surface area contributed by atoms with Gasteiger partial charge in [-0.2, -0.15) is 0 Å². The Morgan fingerprint density at radius 3 is 2.15 bits per heavy atom. The first-order valence-corrected chi connectivity index (χ1v) is 19.2. The molecule has 8 aromatic carbocycles. The van der Waals surface area contributed by atoms with Crippen LogP contribution in [0.4, 0.5) is 0 Å². The number of aromatic nitrogens is 1. The number of nitrogens with zero attached hydrogens (tertiary/aromatic N) is 1. The van der Waals surface area contributed by atoms with Gasteiger partial charge in [0, 0.05) is 59.4 Å². The summed E-state index contributed by atoms with van der Waals surface area (Å²) in [5, 5.41) is 7.50. The number of para-hydroxylation sites is 2. The molecule has 2 nitrogen and oxygen atoms in total. The number of thiophene rings is 1. The van der Waals surface area contributed by atoms with Crippen LogP contribution in [0.25, 0.3) is 91.9 Å². The molecule has 0 spiro atoms. The summed E-state index contributed by atoms with van der Waals surface area (Å²) in [6, 6.07) is 62.7. The van der Waals surface area contributed by atoms with Crippen molar-refractivity contribution in [3.8, 4) is 27.9 Å². The van der Waals surface area contributed by atoms with Gasteiger partial charge in [0.15, 0.2) is 0 Å². The first-order valence-electron chi connectivity index (χ1n) is 18.3. The molecule has 3 aromatic heterocycles. The number of hydrogen-bond acceptors (Lipinski definition) is 2. The fourth-order valence-corrected chi connectivity index (χ4v) is 10.3. The largest absolute Gasteiger partial charge is 0.456 e. The Labute approximate surface area is 309 Å². The highest BCUT2D eigenvalue weighted by atomic mass is 32.1. The van der Waals surface area contributed by atoms with Gasteiger partial charge in [-0.3, -0.25) is 0 Å². The lowest BCUT2D eigenvalue weighted by molar-refractivity contribution is 0.668. The molecule has 53 heavy (non-hydrogen) atoms. The zero-order chi connectivity index (χ0) is 34.6. The van der Waals surface area contributed by atoms with Crippen LogP contribution < -0.4 is 0 Å². The molecule has 12 rings (SSSR count). The molecule has 11 aromatic rings. The van der Waals surface area contributed by atoms with E-state index in [0.717, 1.165) is 34.0 Å². The highest BCUT2D eigenvalue weighted by Crippen LogP contribution is 2.46. The summed E-state index contributed by atoms with van der Waals surface area (Å²) in [6.07, 6.45) is 0.991. The van der Waals surface area contributed by atoms with Gasteiger partial charge in [-0.05, 0) is 100.0 Å². The van der Waals surface area contributed by atoms with E-state index in [-0.39, 0.29) is 0 Å². The molecule has 0 aliphatic heterocycles. The summed E-state index contributed by atoms with van der Waals surface area (Å²) < 4.78 is 11.4. The Morgan fingerprint density at radius 2 is 1.19 bits per heavy atom. The summed E-state index contributed by atoms with van der Waals surface area (Å²) >= 11 is 1.90. The van der Waals surface area contributed by atoms with Crippen LogP contribution in [0.1, 0.15) is 22.6 Å². The maximum atomic E-state index is 6.31. The van der Waals surface area contributed by atoms with Crippen LogP contribution in [0.3, 0.4) is 0 Å². The van der Waals surface area contributed by atoms with Crippen LogP contribution in [0, 0.1) is 0 Å². The number of benzene rings is 8. The quantitative estimate of drug-likeness (QED) is 0.180. The molecule has 0 saturated carbocycles. The first-order chi connectivity index (χ1) is 26.2. The van der Waals surface area contributed by atoms with Crippen molar-refractivity contribution in [2.24, 2.45) is 0 Å². The normalized spacial score (nSPS) is 14.2. The monoisotopic (exact) mass is 693 g/mol. The van der Waals surface area contributed by atoms with E-state index in [0.29, 0.717) is 5.92 Å². The van der Waals surface area contributed by atoms with Gasteiger partial charge in [-0.1, -0.05) is 109 Å². The highest BCUT2D eigenvalue weighted by molar-refractivity contribution is 7.25. The van der Waals surface area contributed by atoms with Crippen molar-refractivity contribution in [2.45, 2.75) is 12.3 Å². The summed E-state index contributed by atoms with van der Waals surface area (Å²) in [5.74, 6) is 0.320. The second kappa shape index (κ2) is 11.0. The Morgan fingerprint density at radius 1 is 0.472 bits per heavy atom. The summed E-state index contributed by atoms with van der Waals surface area (Å²) in [6.45, 7) is 0. The van der Waals surface area contributed by atoms with Gasteiger partial charge in [0.25, 0.3) is 0 Å². The van der Waals surface area contributed by atoms with Crippen LogP contribution in [-0.4, -0.2) is 4.57 Å². The fourth-order valence-electron chi connectivity index (χ4n) is 9.10. The van der Waals surface area contributed by atoms with Crippen molar-refractivity contribution in [1.82, 2.24) is 4.57 Å². The van der Waals surface area contributed by atoms with Crippen molar-refractivity contribution >= 4 is 75.3 Å². The van der Waals surface area contributed by atoms with Gasteiger partial charge in [-0.15, -0.1) is 11.3 Å². The lowest BCUT2D eigenvalue weighted by Crippen LogP contribution is -2.12. The third-order valence-electron chi connectivity index (χ3n) is 11.6. The zero-order valence-corrected chi connectivity index (χ0v) is 29.5. The molecule has 1 atom stereocenters. The van der Waals surface area contributed by atoms with Crippen LogP contribution >= 0.6 is 11.3 Å². The average Bonchev–Trinajstić information content (AvgIpc) is 3.89. The van der Waals surface area contributed by atoms with Crippen LogP contribution in [0.15, 0.2) is 174 Å². The Kier molecular flexibility index (Phi) is 6.08. The van der Waals surface area contributed by atoms with E-state index in [2.05, 4.69) is 162 Å². The minimum Gasteiger partial charge on any atom is -0.456 e. The molecule has 0 saturated heterocycles. The molecule has 0 radical (unpaired) electrons. The highest BCUT2D eigenvalue weighted by Gasteiger charge is 2.27. The number of hydrogen-bond donors (Lipinski definition) is 0. The lowest BCUT2D eigenvalue weighted by Gasteiger charge is -2.29. The van der Waals surface area contributed by atoms with E-state index in [1.165, 1.54) is 80.9 Å². The molecule has 248 valence electrons. The standard InChI is InChI=1S/C50H31NOS/c1-2-10-36-35(9-1)42-25-30(17-18-32(42)27-43(36)33-19-22-41-40-13-5-8-16-49(40)53-50(41)28-33)31-20-24-46-44(26-31)37-11-3-6-14-45(37)51(46)34-21-23-39-38-12-4-7-15-47(38)52-48(39)29-34/h1-26,28-29,43H,27H2. The van der Waals surface area contributed by atoms with E-state index in [1.807, 2.05) is 23.5 Å². The van der Waals surface area contributed by atoms with Gasteiger partial charge in [0.05, 0.1) is 11.0 Å². The first kappa shape index (κ1) is 29.2. The van der Waals surface area contributed by atoms with E-state index in [1.54, 1.807) is 0 Å². The van der Waals surface area contributed by atoms with Gasteiger partial charge < -0.3 is 8.98 Å². The Hall–Kier alpha value is -6.42. The molecular formula is C50H31NOS. The fraction of sp³-hybridized carbons (Fsp3) is 0.0400. The second-order valence-electron chi connectivity index (χ2n) is 14.4. The van der Waals surface area contributed by atoms with Crippen molar-refractivity contribution in [3.05, 3.63) is 187 Å². The van der Waals surface area contributed by atoms with Gasteiger partial charge >= 0.3 is 0 Å². The Balaban J connectivity index is 0.958. The minimum atomic E-state index is 0.320. The lowest BCUT2D eigenvalue weighted by atomic mass is 9.75. The molecule has 0 N–H and O–H groups in total. The molecule has 0 amide bonds. The van der Waals surface area contributed by atoms with E-state index in [9.17, 15) is 0 Å². The van der Waals surface area contributed by atoms with Crippen molar-refractivity contribution in [1.29, 1.82) is 0 Å². The molecular weight excluding hydrogens is 663 g/mol. The number of fused-ring (bicyclic) bond motifs is 12. The van der Waals surface area contributed by atoms with Crippen LogP contribution in [-0.2, 0) is 6.42 Å². The number of furan rings is 1. The summed E-state index contributed by atoms with van der Waals surface area (Å²) in [5.41, 5.74) is 14.7. The topological polar surface area (TPSA) is 18.1 Å². The molecule has 1 aliphatic rings. The summed E-state index contributed by atoms with van der Waals surface area (Å²) in [4.78, 5) is 0. The van der Waals surface area contributed by atoms with Crippen molar-refractivity contribution in [2.75, 3.05) is 0 Å². The molecule has 1 unspecified atom stereocenters. The van der Waals surface area contributed by atoms with E-state index >= 15 is 0 Å². The average molecular weight is 694 g/mol. The molecule has 3 heteroatoms. The third kappa shape index (κ3) is 4.32. The Bertz CT molecular complexity index is 3280. The van der Waals surface area contributed by atoms with Gasteiger partial charge in [-0.25, -0.2) is 0 Å². The van der Waals surface area contributed by atoms with Gasteiger partial charge in [0.2, 0.25) is 0 Å². The van der Waals surface area contributed by atoms with E-state index < -0.39 is 0 Å². The number of rotatable bonds is 3. The van der Waals surface area contributed by atoms with E-state index in [4.69, 9.17) is 4.42 Å². The molecule has 0 bridgehead atoms. The molecule has 1 aliphatic carbocycles. The second-order valence-corrected chi connectivity index (χ2v) is 15.5. The minimum absolute atomic E-state index is 0.320. The van der Waals surface area contributed by atoms with Gasteiger partial charge in [0.1, 0.15) is 11.2 Å². The van der Waals surface area contributed by atoms with Crippen molar-refractivity contribution in [3.63, 3.8) is 0 Å². The predicted octanol–water partition coefficient (Wildman–Crippen LogP) is 14.1. The molecule has 0 fully saturated rings. The van der Waals surface area contributed by atoms with Crippen molar-refractivity contribution < 1.29 is 4.42 Å². The smallest absolute Gasteiger partial charge is 0.137 e. The summed E-state index contributed by atoms with van der Waals surface area (Å²) in [7, 11) is 0.